The first-order chi connectivity index (χ1) is 10.6. The van der Waals surface area contributed by atoms with Gasteiger partial charge in [-0.2, -0.15) is 0 Å². The Kier molecular flexibility index (Phi) is 9.83. The van der Waals surface area contributed by atoms with Crippen LogP contribution < -0.4 is 17.2 Å². The standard InChI is InChI=1S/C11H19N3O7S2/c12-4(1-2-6(15)16)8(17)9(7(14)11(20)21)23-22-3-5(13)10(18)19/h4-5,7,9H,1-3,12-14H2,(H,15,16)(H,18,19)(H,20,21)/t4-,5-,7-,9+/m0/s1. The first-order valence-corrected chi connectivity index (χ1v) is 8.72. The number of carboxylic acid groups (broad SMARTS) is 3. The van der Waals surface area contributed by atoms with Gasteiger partial charge in [0.2, 0.25) is 0 Å². The number of carboxylic acids is 3. The van der Waals surface area contributed by atoms with Crippen LogP contribution in [-0.4, -0.2) is 68.1 Å². The third kappa shape index (κ3) is 8.18. The molecular weight excluding hydrogens is 350 g/mol. The summed E-state index contributed by atoms with van der Waals surface area (Å²) >= 11 is 0. The van der Waals surface area contributed by atoms with E-state index in [1.807, 2.05) is 0 Å². The molecule has 0 aromatic rings. The molecule has 0 heterocycles. The first kappa shape index (κ1) is 21.7. The second kappa shape index (κ2) is 10.4. The molecule has 12 heteroatoms. The number of Topliss-reactive ketones (excluding diaryl/α,β-unsaturated/α-hetero) is 1. The van der Waals surface area contributed by atoms with Gasteiger partial charge in [-0.25, -0.2) is 0 Å². The number of hydrogen-bond donors (Lipinski definition) is 6. The van der Waals surface area contributed by atoms with Crippen LogP contribution in [0.15, 0.2) is 0 Å². The number of aliphatic carboxylic acids is 3. The van der Waals surface area contributed by atoms with Crippen LogP contribution in [0.3, 0.4) is 0 Å². The van der Waals surface area contributed by atoms with Crippen LogP contribution >= 0.6 is 21.6 Å². The normalized spacial score (nSPS) is 16.1. The number of rotatable bonds is 12. The molecule has 9 N–H and O–H groups in total. The first-order valence-electron chi connectivity index (χ1n) is 6.34. The highest BCUT2D eigenvalue weighted by molar-refractivity contribution is 8.77. The molecule has 0 saturated carbocycles. The van der Waals surface area contributed by atoms with Crippen molar-refractivity contribution in [2.24, 2.45) is 17.2 Å². The highest BCUT2D eigenvalue weighted by Gasteiger charge is 2.34. The van der Waals surface area contributed by atoms with Crippen molar-refractivity contribution in [2.75, 3.05) is 5.75 Å². The molecule has 0 aliphatic carbocycles. The van der Waals surface area contributed by atoms with Crippen LogP contribution in [0.2, 0.25) is 0 Å². The molecule has 0 fully saturated rings. The summed E-state index contributed by atoms with van der Waals surface area (Å²) in [6.45, 7) is 0. The van der Waals surface area contributed by atoms with Crippen LogP contribution in [0.5, 0.6) is 0 Å². The molecule has 0 radical (unpaired) electrons. The molecule has 132 valence electrons. The van der Waals surface area contributed by atoms with Crippen molar-refractivity contribution in [1.82, 2.24) is 0 Å². The molecule has 0 unspecified atom stereocenters. The van der Waals surface area contributed by atoms with E-state index < -0.39 is 47.1 Å². The predicted octanol–water partition coefficient (Wildman–Crippen LogP) is -1.68. The van der Waals surface area contributed by atoms with Gasteiger partial charge in [0.15, 0.2) is 5.78 Å². The minimum atomic E-state index is -1.56. The van der Waals surface area contributed by atoms with Crippen molar-refractivity contribution in [2.45, 2.75) is 36.2 Å². The van der Waals surface area contributed by atoms with Crippen LogP contribution in [0, 0.1) is 0 Å². The van der Waals surface area contributed by atoms with Gasteiger partial charge in [0.05, 0.1) is 6.04 Å². The predicted molar refractivity (Wildman–Crippen MR) is 84.9 cm³/mol. The Morgan fingerprint density at radius 3 is 1.91 bits per heavy atom. The van der Waals surface area contributed by atoms with E-state index in [0.717, 1.165) is 21.6 Å². The van der Waals surface area contributed by atoms with E-state index in [2.05, 4.69) is 0 Å². The molecule has 4 atom stereocenters. The number of ketones is 1. The molecule has 0 saturated heterocycles. The summed E-state index contributed by atoms with van der Waals surface area (Å²) in [6, 6.07) is -3.91. The molecule has 0 aliphatic heterocycles. The highest BCUT2D eigenvalue weighted by Crippen LogP contribution is 2.30. The Bertz CT molecular complexity index is 463. The van der Waals surface area contributed by atoms with E-state index >= 15 is 0 Å². The molecule has 10 nitrogen and oxygen atoms in total. The van der Waals surface area contributed by atoms with Gasteiger partial charge in [-0.05, 0) is 6.42 Å². The molecule has 23 heavy (non-hydrogen) atoms. The van der Waals surface area contributed by atoms with E-state index in [4.69, 9.17) is 32.5 Å². The lowest BCUT2D eigenvalue weighted by molar-refractivity contribution is -0.140. The summed E-state index contributed by atoms with van der Waals surface area (Å²) in [4.78, 5) is 44.2. The summed E-state index contributed by atoms with van der Waals surface area (Å²) in [5.74, 6) is -4.57. The summed E-state index contributed by atoms with van der Waals surface area (Å²) in [5.41, 5.74) is 16.3. The van der Waals surface area contributed by atoms with E-state index in [9.17, 15) is 19.2 Å². The fraction of sp³-hybridized carbons (Fsp3) is 0.636. The molecular formula is C11H19N3O7S2. The lowest BCUT2D eigenvalue weighted by Crippen LogP contribution is -2.49. The summed E-state index contributed by atoms with van der Waals surface area (Å²) < 4.78 is 0. The van der Waals surface area contributed by atoms with Crippen molar-refractivity contribution in [3.63, 3.8) is 0 Å². The number of hydrogen-bond acceptors (Lipinski definition) is 9. The lowest BCUT2D eigenvalue weighted by atomic mass is 10.0. The number of carbonyl (C=O) groups is 4. The SMILES string of the molecule is N[C@H](C(=O)O)[C@@H](SSC[C@H](N)C(=O)O)C(=O)[C@@H](N)CCC(=O)O. The summed E-state index contributed by atoms with van der Waals surface area (Å²) in [7, 11) is 1.65. The van der Waals surface area contributed by atoms with Crippen molar-refractivity contribution in [3.05, 3.63) is 0 Å². The maximum atomic E-state index is 12.2. The molecule has 0 rings (SSSR count). The lowest BCUT2D eigenvalue weighted by Gasteiger charge is -2.22. The van der Waals surface area contributed by atoms with Crippen molar-refractivity contribution < 1.29 is 34.5 Å². The summed E-state index contributed by atoms with van der Waals surface area (Å²) in [5, 5.41) is 24.9. The van der Waals surface area contributed by atoms with Gasteiger partial charge < -0.3 is 32.5 Å². The number of carbonyl (C=O) groups excluding carboxylic acids is 1. The zero-order chi connectivity index (χ0) is 18.2. The maximum Gasteiger partial charge on any atom is 0.322 e. The Morgan fingerprint density at radius 1 is 0.913 bits per heavy atom. The molecule has 0 spiro atoms. The molecule has 0 amide bonds. The van der Waals surface area contributed by atoms with E-state index in [1.54, 1.807) is 0 Å². The zero-order valence-electron chi connectivity index (χ0n) is 12.0. The molecule has 0 aromatic carbocycles. The van der Waals surface area contributed by atoms with Crippen LogP contribution in [-0.2, 0) is 19.2 Å². The fourth-order valence-electron chi connectivity index (χ4n) is 1.30. The topological polar surface area (TPSA) is 207 Å². The smallest absolute Gasteiger partial charge is 0.322 e. The Balaban J connectivity index is 4.79. The Labute approximate surface area is 139 Å². The van der Waals surface area contributed by atoms with Gasteiger partial charge in [-0.15, -0.1) is 0 Å². The third-order valence-corrected chi connectivity index (χ3v) is 5.47. The van der Waals surface area contributed by atoms with Crippen molar-refractivity contribution in [3.8, 4) is 0 Å². The average molecular weight is 369 g/mol. The second-order valence-electron chi connectivity index (χ2n) is 4.55. The Morgan fingerprint density at radius 2 is 1.48 bits per heavy atom. The van der Waals surface area contributed by atoms with Gasteiger partial charge in [-0.3, -0.25) is 19.2 Å². The van der Waals surface area contributed by atoms with Crippen molar-refractivity contribution in [1.29, 1.82) is 0 Å². The number of nitrogens with two attached hydrogens (primary N) is 3. The Hall–Kier alpha value is -1.34. The minimum Gasteiger partial charge on any atom is -0.481 e. The molecule has 0 bridgehead atoms. The van der Waals surface area contributed by atoms with Gasteiger partial charge in [0, 0.05) is 12.2 Å². The molecule has 0 aromatic heterocycles. The van der Waals surface area contributed by atoms with Crippen LogP contribution in [0.1, 0.15) is 12.8 Å². The van der Waals surface area contributed by atoms with E-state index in [-0.39, 0.29) is 18.6 Å². The van der Waals surface area contributed by atoms with Gasteiger partial charge in [-0.1, -0.05) is 21.6 Å². The maximum absolute atomic E-state index is 12.2. The third-order valence-electron chi connectivity index (χ3n) is 2.66. The van der Waals surface area contributed by atoms with Crippen LogP contribution in [0.4, 0.5) is 0 Å². The quantitative estimate of drug-likeness (QED) is 0.213. The summed E-state index contributed by atoms with van der Waals surface area (Å²) in [6.07, 6.45) is -0.499. The second-order valence-corrected chi connectivity index (χ2v) is 7.11. The van der Waals surface area contributed by atoms with Crippen LogP contribution in [0.25, 0.3) is 0 Å². The van der Waals surface area contributed by atoms with Crippen molar-refractivity contribution >= 4 is 45.3 Å². The van der Waals surface area contributed by atoms with Gasteiger partial charge in [0.25, 0.3) is 0 Å². The zero-order valence-corrected chi connectivity index (χ0v) is 13.6. The largest absolute Gasteiger partial charge is 0.481 e. The monoisotopic (exact) mass is 369 g/mol. The minimum absolute atomic E-state index is 0.0690. The van der Waals surface area contributed by atoms with Gasteiger partial charge >= 0.3 is 17.9 Å². The van der Waals surface area contributed by atoms with E-state index in [1.165, 1.54) is 0 Å². The fourth-order valence-corrected chi connectivity index (χ4v) is 4.08. The van der Waals surface area contributed by atoms with Gasteiger partial charge in [0.1, 0.15) is 17.3 Å². The molecule has 0 aliphatic rings. The van der Waals surface area contributed by atoms with E-state index in [0.29, 0.717) is 0 Å². The highest BCUT2D eigenvalue weighted by atomic mass is 33.1. The average Bonchev–Trinajstić information content (AvgIpc) is 2.47.